The normalized spacial score (nSPS) is 10.3. The molecule has 2 rings (SSSR count). The molecule has 0 saturated carbocycles. The van der Waals surface area contributed by atoms with Gasteiger partial charge in [-0.3, -0.25) is 4.79 Å². The number of benzene rings is 1. The fraction of sp³-hybridized carbons (Fsp3) is 0.286. The Morgan fingerprint density at radius 2 is 2.06 bits per heavy atom. The Morgan fingerprint density at radius 1 is 1.33 bits per heavy atom. The number of carbonyl (C=O) groups excluding carboxylic acids is 1. The number of thiazole rings is 1. The summed E-state index contributed by atoms with van der Waals surface area (Å²) in [5.41, 5.74) is 3.30. The number of rotatable bonds is 4. The third-order valence-corrected chi connectivity index (χ3v) is 3.60. The third kappa shape index (κ3) is 3.17. The second kappa shape index (κ2) is 5.78. The number of carbonyl (C=O) groups is 1. The number of aromatic nitrogens is 1. The summed E-state index contributed by atoms with van der Waals surface area (Å²) >= 11 is 1.60. The quantitative estimate of drug-likeness (QED) is 0.793. The molecule has 18 heavy (non-hydrogen) atoms. The van der Waals surface area contributed by atoms with Gasteiger partial charge in [-0.1, -0.05) is 29.8 Å². The van der Waals surface area contributed by atoms with Crippen LogP contribution in [0.15, 0.2) is 29.6 Å². The molecule has 0 atom stereocenters. The molecule has 0 radical (unpaired) electrons. The molecule has 0 spiro atoms. The monoisotopic (exact) mass is 261 g/mol. The minimum Gasteiger partial charge on any atom is -0.469 e. The summed E-state index contributed by atoms with van der Waals surface area (Å²) in [6, 6.07) is 8.28. The Kier molecular flexibility index (Phi) is 4.10. The third-order valence-electron chi connectivity index (χ3n) is 2.66. The Bertz CT molecular complexity index is 531. The Hall–Kier alpha value is -1.68. The summed E-state index contributed by atoms with van der Waals surface area (Å²) in [6.45, 7) is 2.06. The molecule has 0 aliphatic carbocycles. The molecule has 0 aliphatic rings. The lowest BCUT2D eigenvalue weighted by molar-refractivity contribution is -0.140. The van der Waals surface area contributed by atoms with E-state index in [0.717, 1.165) is 16.3 Å². The maximum absolute atomic E-state index is 11.1. The van der Waals surface area contributed by atoms with Crippen LogP contribution in [0, 0.1) is 6.92 Å². The SMILES string of the molecule is COC(=O)CCc1csc(-c2ccc(C)cc2)n1. The molecule has 0 amide bonds. The molecule has 0 saturated heterocycles. The highest BCUT2D eigenvalue weighted by Gasteiger charge is 2.07. The van der Waals surface area contributed by atoms with E-state index in [4.69, 9.17) is 0 Å². The average Bonchev–Trinajstić information content (AvgIpc) is 2.85. The molecular formula is C14H15NO2S. The lowest BCUT2D eigenvalue weighted by Crippen LogP contribution is -2.01. The molecule has 1 aromatic heterocycles. The van der Waals surface area contributed by atoms with Crippen LogP contribution in [0.4, 0.5) is 0 Å². The Balaban J connectivity index is 2.06. The summed E-state index contributed by atoms with van der Waals surface area (Å²) in [4.78, 5) is 15.6. The van der Waals surface area contributed by atoms with Crippen LogP contribution in [0.5, 0.6) is 0 Å². The number of ether oxygens (including phenoxy) is 1. The van der Waals surface area contributed by atoms with Crippen molar-refractivity contribution in [1.29, 1.82) is 0 Å². The molecule has 0 bridgehead atoms. The summed E-state index contributed by atoms with van der Waals surface area (Å²) in [5.74, 6) is -0.195. The van der Waals surface area contributed by atoms with Crippen LogP contribution >= 0.6 is 11.3 Å². The highest BCUT2D eigenvalue weighted by molar-refractivity contribution is 7.13. The van der Waals surface area contributed by atoms with E-state index < -0.39 is 0 Å². The topological polar surface area (TPSA) is 39.2 Å². The molecule has 94 valence electrons. The van der Waals surface area contributed by atoms with Crippen molar-refractivity contribution >= 4 is 17.3 Å². The first-order valence-electron chi connectivity index (χ1n) is 5.77. The zero-order chi connectivity index (χ0) is 13.0. The summed E-state index contributed by atoms with van der Waals surface area (Å²) in [7, 11) is 1.40. The van der Waals surface area contributed by atoms with Gasteiger partial charge in [-0.15, -0.1) is 11.3 Å². The number of hydrogen-bond donors (Lipinski definition) is 0. The molecule has 4 heteroatoms. The van der Waals surface area contributed by atoms with Crippen molar-refractivity contribution in [1.82, 2.24) is 4.98 Å². The van der Waals surface area contributed by atoms with Gasteiger partial charge in [-0.2, -0.15) is 0 Å². The van der Waals surface area contributed by atoms with Gasteiger partial charge in [0.2, 0.25) is 0 Å². The molecular weight excluding hydrogens is 246 g/mol. The first-order chi connectivity index (χ1) is 8.69. The molecule has 2 aromatic rings. The van der Waals surface area contributed by atoms with Gasteiger partial charge in [-0.25, -0.2) is 4.98 Å². The van der Waals surface area contributed by atoms with E-state index in [0.29, 0.717) is 12.8 Å². The summed E-state index contributed by atoms with van der Waals surface area (Å²) in [6.07, 6.45) is 1.02. The minimum absolute atomic E-state index is 0.195. The van der Waals surface area contributed by atoms with Crippen LogP contribution in [0.3, 0.4) is 0 Å². The van der Waals surface area contributed by atoms with Gasteiger partial charge < -0.3 is 4.74 Å². The smallest absolute Gasteiger partial charge is 0.305 e. The van der Waals surface area contributed by atoms with Crippen LogP contribution in [0.2, 0.25) is 0 Å². The lowest BCUT2D eigenvalue weighted by Gasteiger charge is -1.97. The molecule has 1 heterocycles. The van der Waals surface area contributed by atoms with Crippen molar-refractivity contribution in [3.05, 3.63) is 40.9 Å². The molecule has 0 unspecified atom stereocenters. The van der Waals surface area contributed by atoms with Crippen molar-refractivity contribution in [3.63, 3.8) is 0 Å². The number of nitrogens with zero attached hydrogens (tertiary/aromatic N) is 1. The second-order valence-corrected chi connectivity index (χ2v) is 4.94. The molecule has 3 nitrogen and oxygen atoms in total. The van der Waals surface area contributed by atoms with Crippen LogP contribution < -0.4 is 0 Å². The van der Waals surface area contributed by atoms with Crippen molar-refractivity contribution < 1.29 is 9.53 Å². The predicted molar refractivity (Wildman–Crippen MR) is 72.6 cm³/mol. The van der Waals surface area contributed by atoms with E-state index in [1.807, 2.05) is 5.38 Å². The molecule has 0 N–H and O–H groups in total. The zero-order valence-corrected chi connectivity index (χ0v) is 11.3. The fourth-order valence-electron chi connectivity index (χ4n) is 1.58. The van der Waals surface area contributed by atoms with Gasteiger partial charge in [0.05, 0.1) is 19.2 Å². The highest BCUT2D eigenvalue weighted by atomic mass is 32.1. The fourth-order valence-corrected chi connectivity index (χ4v) is 2.44. The van der Waals surface area contributed by atoms with Crippen molar-refractivity contribution in [2.75, 3.05) is 7.11 Å². The van der Waals surface area contributed by atoms with Gasteiger partial charge >= 0.3 is 5.97 Å². The maximum Gasteiger partial charge on any atom is 0.305 e. The standard InChI is InChI=1S/C14H15NO2S/c1-10-3-5-11(6-4-10)14-15-12(9-18-14)7-8-13(16)17-2/h3-6,9H,7-8H2,1-2H3. The lowest BCUT2D eigenvalue weighted by atomic mass is 10.2. The van der Waals surface area contributed by atoms with Crippen molar-refractivity contribution in [3.8, 4) is 10.6 Å². The first kappa shape index (κ1) is 12.8. The van der Waals surface area contributed by atoms with E-state index in [2.05, 4.69) is 40.9 Å². The van der Waals surface area contributed by atoms with E-state index in [9.17, 15) is 4.79 Å². The second-order valence-electron chi connectivity index (χ2n) is 4.09. The first-order valence-corrected chi connectivity index (χ1v) is 6.65. The van der Waals surface area contributed by atoms with Gasteiger partial charge in [0, 0.05) is 17.4 Å². The number of esters is 1. The van der Waals surface area contributed by atoms with E-state index in [1.54, 1.807) is 11.3 Å². The van der Waals surface area contributed by atoms with Gasteiger partial charge in [-0.05, 0) is 6.92 Å². The number of hydrogen-bond acceptors (Lipinski definition) is 4. The van der Waals surface area contributed by atoms with Gasteiger partial charge in [0.1, 0.15) is 5.01 Å². The predicted octanol–water partition coefficient (Wildman–Crippen LogP) is 3.22. The van der Waals surface area contributed by atoms with E-state index in [-0.39, 0.29) is 5.97 Å². The largest absolute Gasteiger partial charge is 0.469 e. The van der Waals surface area contributed by atoms with Crippen LogP contribution in [-0.2, 0) is 16.0 Å². The summed E-state index contributed by atoms with van der Waals surface area (Å²) < 4.78 is 4.61. The molecule has 0 aliphatic heterocycles. The molecule has 0 fully saturated rings. The highest BCUT2D eigenvalue weighted by Crippen LogP contribution is 2.24. The van der Waals surface area contributed by atoms with Crippen LogP contribution in [-0.4, -0.2) is 18.1 Å². The van der Waals surface area contributed by atoms with E-state index >= 15 is 0 Å². The van der Waals surface area contributed by atoms with Gasteiger partial charge in [0.25, 0.3) is 0 Å². The van der Waals surface area contributed by atoms with Crippen molar-refractivity contribution in [2.45, 2.75) is 19.8 Å². The number of aryl methyl sites for hydroxylation is 2. The Morgan fingerprint density at radius 3 is 2.72 bits per heavy atom. The van der Waals surface area contributed by atoms with Crippen LogP contribution in [0.1, 0.15) is 17.7 Å². The van der Waals surface area contributed by atoms with Crippen molar-refractivity contribution in [2.24, 2.45) is 0 Å². The summed E-state index contributed by atoms with van der Waals surface area (Å²) in [5, 5.41) is 2.99. The maximum atomic E-state index is 11.1. The zero-order valence-electron chi connectivity index (χ0n) is 10.5. The number of methoxy groups -OCH3 is 1. The van der Waals surface area contributed by atoms with E-state index in [1.165, 1.54) is 12.7 Å². The molecule has 1 aromatic carbocycles. The average molecular weight is 261 g/mol. The Labute approximate surface area is 110 Å². The van der Waals surface area contributed by atoms with Gasteiger partial charge in [0.15, 0.2) is 0 Å². The minimum atomic E-state index is -0.195. The van der Waals surface area contributed by atoms with Crippen LogP contribution in [0.25, 0.3) is 10.6 Å².